The Morgan fingerprint density at radius 3 is 2.36 bits per heavy atom. The fourth-order valence-corrected chi connectivity index (χ4v) is 3.92. The number of hydrogen-bond donors (Lipinski definition) is 3. The number of carbonyl (C=O) groups is 3. The third-order valence-electron chi connectivity index (χ3n) is 5.98. The molecule has 0 radical (unpaired) electrons. The molecule has 2 aromatic rings. The molecule has 1 saturated heterocycles. The van der Waals surface area contributed by atoms with Gasteiger partial charge in [-0.2, -0.15) is 0 Å². The number of benzene rings is 2. The lowest BCUT2D eigenvalue weighted by atomic mass is 9.96. The van der Waals surface area contributed by atoms with E-state index in [4.69, 9.17) is 9.47 Å². The molecule has 0 aliphatic carbocycles. The van der Waals surface area contributed by atoms with Crippen LogP contribution in [0.15, 0.2) is 36.4 Å². The number of carbonyl (C=O) groups excluding carboxylic acids is 3. The number of likely N-dealkylation sites (tertiary alicyclic amines) is 1. The lowest BCUT2D eigenvalue weighted by Crippen LogP contribution is -2.45. The second-order valence-electron chi connectivity index (χ2n) is 8.41. The molecule has 1 fully saturated rings. The lowest BCUT2D eigenvalue weighted by Gasteiger charge is -2.30. The zero-order chi connectivity index (χ0) is 23.4. The third-order valence-corrected chi connectivity index (χ3v) is 5.98. The number of rotatable bonds is 5. The molecular weight excluding hydrogens is 424 g/mol. The Balaban J connectivity index is 1.19. The van der Waals surface area contributed by atoms with Gasteiger partial charge < -0.3 is 20.1 Å². The van der Waals surface area contributed by atoms with E-state index in [0.717, 1.165) is 11.1 Å². The summed E-state index contributed by atoms with van der Waals surface area (Å²) in [6.07, 6.45) is 1.27. The zero-order valence-corrected chi connectivity index (χ0v) is 18.8. The largest absolute Gasteiger partial charge is 0.454 e. The maximum absolute atomic E-state index is 12.6. The molecule has 2 aliphatic heterocycles. The van der Waals surface area contributed by atoms with Crippen molar-refractivity contribution in [3.8, 4) is 11.5 Å². The number of nitrogens with one attached hydrogen (secondary N) is 3. The Hall–Kier alpha value is -3.59. The van der Waals surface area contributed by atoms with Crippen molar-refractivity contribution < 1.29 is 23.9 Å². The van der Waals surface area contributed by atoms with Gasteiger partial charge in [0.1, 0.15) is 0 Å². The van der Waals surface area contributed by atoms with Crippen molar-refractivity contribution in [3.05, 3.63) is 47.5 Å². The van der Waals surface area contributed by atoms with Gasteiger partial charge in [0.05, 0.1) is 6.54 Å². The summed E-state index contributed by atoms with van der Waals surface area (Å²) in [5.41, 5.74) is 3.49. The Morgan fingerprint density at radius 2 is 1.61 bits per heavy atom. The van der Waals surface area contributed by atoms with E-state index in [0.29, 0.717) is 48.8 Å². The van der Waals surface area contributed by atoms with Gasteiger partial charge in [-0.1, -0.05) is 6.07 Å². The number of ether oxygens (including phenoxy) is 2. The van der Waals surface area contributed by atoms with Crippen LogP contribution in [0.25, 0.3) is 0 Å². The van der Waals surface area contributed by atoms with E-state index in [2.05, 4.69) is 16.0 Å². The van der Waals surface area contributed by atoms with Gasteiger partial charge in [-0.25, -0.2) is 4.79 Å². The van der Waals surface area contributed by atoms with Gasteiger partial charge in [-0.15, -0.1) is 0 Å². The number of piperidine rings is 1. The van der Waals surface area contributed by atoms with Gasteiger partial charge in [0.15, 0.2) is 11.5 Å². The predicted octanol–water partition coefficient (Wildman–Crippen LogP) is 3.03. The molecule has 0 aromatic heterocycles. The van der Waals surface area contributed by atoms with Crippen molar-refractivity contribution in [2.24, 2.45) is 5.92 Å². The highest BCUT2D eigenvalue weighted by Gasteiger charge is 2.26. The van der Waals surface area contributed by atoms with E-state index < -0.39 is 6.03 Å². The molecule has 0 bridgehead atoms. The van der Waals surface area contributed by atoms with Crippen molar-refractivity contribution in [2.45, 2.75) is 26.7 Å². The molecule has 0 spiro atoms. The van der Waals surface area contributed by atoms with E-state index in [9.17, 15) is 14.4 Å². The van der Waals surface area contributed by atoms with E-state index in [-0.39, 0.29) is 31.1 Å². The van der Waals surface area contributed by atoms with Crippen molar-refractivity contribution in [1.82, 2.24) is 10.2 Å². The summed E-state index contributed by atoms with van der Waals surface area (Å²) in [6.45, 7) is 5.45. The van der Waals surface area contributed by atoms with E-state index in [1.54, 1.807) is 24.3 Å². The number of aryl methyl sites for hydroxylation is 2. The molecule has 2 aliphatic rings. The first-order valence-electron chi connectivity index (χ1n) is 11.0. The average molecular weight is 453 g/mol. The monoisotopic (exact) mass is 452 g/mol. The molecule has 2 aromatic carbocycles. The van der Waals surface area contributed by atoms with Gasteiger partial charge >= 0.3 is 6.03 Å². The molecule has 0 atom stereocenters. The zero-order valence-electron chi connectivity index (χ0n) is 18.8. The minimum atomic E-state index is -0.554. The fourth-order valence-electron chi connectivity index (χ4n) is 3.92. The first kappa shape index (κ1) is 22.6. The number of imide groups is 1. The molecule has 4 amide bonds. The van der Waals surface area contributed by atoms with Crippen LogP contribution in [0.3, 0.4) is 0 Å². The quantitative estimate of drug-likeness (QED) is 0.644. The van der Waals surface area contributed by atoms with Crippen molar-refractivity contribution >= 4 is 29.2 Å². The number of amides is 4. The number of urea groups is 1. The van der Waals surface area contributed by atoms with Crippen molar-refractivity contribution in [3.63, 3.8) is 0 Å². The second kappa shape index (κ2) is 9.91. The van der Waals surface area contributed by atoms with Crippen LogP contribution in [0.2, 0.25) is 0 Å². The van der Waals surface area contributed by atoms with Crippen molar-refractivity contribution in [1.29, 1.82) is 0 Å². The number of hydrogen-bond acceptors (Lipinski definition) is 6. The summed E-state index contributed by atoms with van der Waals surface area (Å²) < 4.78 is 10.6. The van der Waals surface area contributed by atoms with Crippen molar-refractivity contribution in [2.75, 3.05) is 37.1 Å². The van der Waals surface area contributed by atoms with Crippen LogP contribution in [-0.2, 0) is 9.59 Å². The van der Waals surface area contributed by atoms with Gasteiger partial charge in [0.25, 0.3) is 0 Å². The standard InChI is InChI=1S/C24H28N4O5/c1-15-3-4-18(11-16(15)2)26-24(31)27-22(29)13-28-9-7-17(8-10-28)23(30)25-19-5-6-20-21(12-19)33-14-32-20/h3-6,11-12,17H,7-10,13-14H2,1-2H3,(H,25,30)(H2,26,27,29,31). The van der Waals surface area contributed by atoms with E-state index >= 15 is 0 Å². The molecule has 0 unspecified atom stereocenters. The maximum atomic E-state index is 12.6. The number of fused-ring (bicyclic) bond motifs is 1. The average Bonchev–Trinajstić information content (AvgIpc) is 3.24. The highest BCUT2D eigenvalue weighted by Crippen LogP contribution is 2.34. The summed E-state index contributed by atoms with van der Waals surface area (Å²) in [7, 11) is 0. The number of anilines is 2. The predicted molar refractivity (Wildman–Crippen MR) is 123 cm³/mol. The van der Waals surface area contributed by atoms with Crippen LogP contribution in [-0.4, -0.2) is 49.2 Å². The Morgan fingerprint density at radius 1 is 0.909 bits per heavy atom. The highest BCUT2D eigenvalue weighted by atomic mass is 16.7. The summed E-state index contributed by atoms with van der Waals surface area (Å²) in [5, 5.41) is 7.97. The summed E-state index contributed by atoms with van der Waals surface area (Å²) in [5.74, 6) is 0.727. The first-order valence-corrected chi connectivity index (χ1v) is 11.0. The molecular formula is C24H28N4O5. The Bertz CT molecular complexity index is 1060. The van der Waals surface area contributed by atoms with Gasteiger partial charge in [0.2, 0.25) is 18.6 Å². The van der Waals surface area contributed by atoms with E-state index in [1.165, 1.54) is 0 Å². The smallest absolute Gasteiger partial charge is 0.325 e. The van der Waals surface area contributed by atoms with Crippen LogP contribution in [0, 0.1) is 19.8 Å². The maximum Gasteiger partial charge on any atom is 0.325 e. The van der Waals surface area contributed by atoms with Crippen LogP contribution in [0.1, 0.15) is 24.0 Å². The summed E-state index contributed by atoms with van der Waals surface area (Å²) in [4.78, 5) is 39.0. The topological polar surface area (TPSA) is 109 Å². The summed E-state index contributed by atoms with van der Waals surface area (Å²) in [6, 6.07) is 10.3. The van der Waals surface area contributed by atoms with Gasteiger partial charge in [0, 0.05) is 23.4 Å². The van der Waals surface area contributed by atoms with Crippen LogP contribution < -0.4 is 25.4 Å². The van der Waals surface area contributed by atoms with Crippen LogP contribution in [0.4, 0.5) is 16.2 Å². The van der Waals surface area contributed by atoms with Gasteiger partial charge in [-0.05, 0) is 75.2 Å². The molecule has 4 rings (SSSR count). The normalized spacial score (nSPS) is 15.7. The fraction of sp³-hybridized carbons (Fsp3) is 0.375. The Labute approximate surface area is 192 Å². The van der Waals surface area contributed by atoms with E-state index in [1.807, 2.05) is 30.9 Å². The summed E-state index contributed by atoms with van der Waals surface area (Å²) >= 11 is 0. The highest BCUT2D eigenvalue weighted by molar-refractivity contribution is 6.01. The second-order valence-corrected chi connectivity index (χ2v) is 8.41. The molecule has 0 saturated carbocycles. The minimum absolute atomic E-state index is 0.0502. The lowest BCUT2D eigenvalue weighted by molar-refractivity contribution is -0.122. The Kier molecular flexibility index (Phi) is 6.79. The molecule has 174 valence electrons. The molecule has 9 nitrogen and oxygen atoms in total. The molecule has 2 heterocycles. The third kappa shape index (κ3) is 5.81. The number of nitrogens with zero attached hydrogens (tertiary/aromatic N) is 1. The molecule has 9 heteroatoms. The van der Waals surface area contributed by atoms with Gasteiger partial charge in [-0.3, -0.25) is 19.8 Å². The van der Waals surface area contributed by atoms with Crippen LogP contribution >= 0.6 is 0 Å². The first-order chi connectivity index (χ1) is 15.9. The SMILES string of the molecule is Cc1ccc(NC(=O)NC(=O)CN2CCC(C(=O)Nc3ccc4c(c3)OCO4)CC2)cc1C. The van der Waals surface area contributed by atoms with Crippen LogP contribution in [0.5, 0.6) is 11.5 Å². The molecule has 33 heavy (non-hydrogen) atoms. The minimum Gasteiger partial charge on any atom is -0.454 e. The molecule has 3 N–H and O–H groups in total.